The summed E-state index contributed by atoms with van der Waals surface area (Å²) in [6.45, 7) is -0.354. The minimum absolute atomic E-state index is 0.0878. The molecule has 3 heterocycles. The average Bonchev–Trinajstić information content (AvgIpc) is 3.35. The lowest BCUT2D eigenvalue weighted by Crippen LogP contribution is -2.55. The van der Waals surface area contributed by atoms with Gasteiger partial charge in [-0.1, -0.05) is 30.3 Å². The Balaban J connectivity index is 1.43. The number of fused-ring (bicyclic) bond motifs is 1. The quantitative estimate of drug-likeness (QED) is 0.488. The fourth-order valence-electron chi connectivity index (χ4n) is 3.84. The summed E-state index contributed by atoms with van der Waals surface area (Å²) in [7, 11) is 0. The highest BCUT2D eigenvalue weighted by molar-refractivity contribution is 5.97. The van der Waals surface area contributed by atoms with E-state index in [1.807, 2.05) is 12.1 Å². The molecular weight excluding hydrogens is 416 g/mol. The van der Waals surface area contributed by atoms with Crippen molar-refractivity contribution in [2.75, 3.05) is 13.1 Å². The number of aromatic nitrogens is 4. The van der Waals surface area contributed by atoms with Crippen LogP contribution >= 0.6 is 0 Å². The second-order valence-electron chi connectivity index (χ2n) is 7.54. The van der Waals surface area contributed by atoms with Crippen molar-refractivity contribution in [2.24, 2.45) is 0 Å². The molecule has 0 spiro atoms. The number of hydrogen-bond acceptors (Lipinski definition) is 5. The molecular formula is C23H19F2N5O2. The largest absolute Gasteiger partial charge is 0.466 e. The number of nitrogens with zero attached hydrogens (tertiary/aromatic N) is 5. The molecule has 1 aliphatic rings. The second-order valence-corrected chi connectivity index (χ2v) is 7.54. The third kappa shape index (κ3) is 3.66. The molecule has 1 fully saturated rings. The van der Waals surface area contributed by atoms with Crippen LogP contribution in [0.15, 0.2) is 73.2 Å². The summed E-state index contributed by atoms with van der Waals surface area (Å²) in [6, 6.07) is 15.9. The molecule has 0 aliphatic carbocycles. The third-order valence-corrected chi connectivity index (χ3v) is 5.52. The molecule has 2 aromatic heterocycles. The topological polar surface area (TPSA) is 73.1 Å². The van der Waals surface area contributed by atoms with Crippen LogP contribution in [0.1, 0.15) is 16.8 Å². The normalized spacial score (nSPS) is 17.9. The Morgan fingerprint density at radius 1 is 1.00 bits per heavy atom. The first kappa shape index (κ1) is 20.0. The number of carbonyl (C=O) groups excluding carboxylic acids is 1. The highest BCUT2D eigenvalue weighted by Crippen LogP contribution is 2.34. The Morgan fingerprint density at radius 3 is 2.59 bits per heavy atom. The highest BCUT2D eigenvalue weighted by Gasteiger charge is 2.47. The van der Waals surface area contributed by atoms with Gasteiger partial charge < -0.3 is 9.64 Å². The van der Waals surface area contributed by atoms with E-state index < -0.39 is 18.4 Å². The van der Waals surface area contributed by atoms with Gasteiger partial charge in [0.1, 0.15) is 0 Å². The van der Waals surface area contributed by atoms with E-state index in [0.29, 0.717) is 16.6 Å². The number of rotatable bonds is 4. The summed E-state index contributed by atoms with van der Waals surface area (Å²) in [5.41, 5.74) is 0.809. The van der Waals surface area contributed by atoms with Crippen molar-refractivity contribution in [1.29, 1.82) is 0 Å². The summed E-state index contributed by atoms with van der Waals surface area (Å²) in [5.74, 6) is -3.35. The Labute approximate surface area is 182 Å². The molecule has 1 unspecified atom stereocenters. The van der Waals surface area contributed by atoms with Gasteiger partial charge in [0.25, 0.3) is 11.8 Å². The Morgan fingerprint density at radius 2 is 1.75 bits per heavy atom. The van der Waals surface area contributed by atoms with Gasteiger partial charge >= 0.3 is 0 Å². The van der Waals surface area contributed by atoms with E-state index >= 15 is 0 Å². The molecule has 1 atom stereocenters. The van der Waals surface area contributed by atoms with Gasteiger partial charge in [-0.3, -0.25) is 4.79 Å². The smallest absolute Gasteiger partial charge is 0.287 e. The fourth-order valence-corrected chi connectivity index (χ4v) is 3.84. The Hall–Kier alpha value is -3.88. The molecule has 4 aromatic rings. The van der Waals surface area contributed by atoms with Crippen LogP contribution in [0, 0.1) is 0 Å². The molecule has 1 aliphatic heterocycles. The van der Waals surface area contributed by atoms with E-state index in [1.54, 1.807) is 42.5 Å². The molecule has 5 rings (SSSR count). The average molecular weight is 435 g/mol. The van der Waals surface area contributed by atoms with Crippen molar-refractivity contribution >= 4 is 16.7 Å². The van der Waals surface area contributed by atoms with Crippen molar-refractivity contribution in [3.8, 4) is 11.6 Å². The highest BCUT2D eigenvalue weighted by atomic mass is 19.3. The molecule has 7 nitrogen and oxygen atoms in total. The molecule has 162 valence electrons. The summed E-state index contributed by atoms with van der Waals surface area (Å²) in [5, 5.41) is 9.64. The zero-order chi connectivity index (χ0) is 22.1. The third-order valence-electron chi connectivity index (χ3n) is 5.52. The van der Waals surface area contributed by atoms with Crippen LogP contribution in [0.2, 0.25) is 0 Å². The van der Waals surface area contributed by atoms with Gasteiger partial charge in [0.05, 0.1) is 30.2 Å². The molecule has 1 amide bonds. The van der Waals surface area contributed by atoms with Gasteiger partial charge in [0, 0.05) is 24.5 Å². The van der Waals surface area contributed by atoms with Crippen molar-refractivity contribution < 1.29 is 18.3 Å². The Kier molecular flexibility index (Phi) is 5.01. The maximum absolute atomic E-state index is 14.8. The molecule has 0 bridgehead atoms. The van der Waals surface area contributed by atoms with Crippen molar-refractivity contribution in [2.45, 2.75) is 18.4 Å². The lowest BCUT2D eigenvalue weighted by atomic mass is 10.0. The number of pyridine rings is 1. The van der Waals surface area contributed by atoms with Gasteiger partial charge in [0.15, 0.2) is 6.10 Å². The van der Waals surface area contributed by atoms with Crippen LogP contribution in [0.5, 0.6) is 5.88 Å². The first-order chi connectivity index (χ1) is 15.5. The number of alkyl halides is 2. The predicted octanol–water partition coefficient (Wildman–Crippen LogP) is 3.74. The van der Waals surface area contributed by atoms with Crippen LogP contribution in [0.25, 0.3) is 16.5 Å². The number of hydrogen-bond donors (Lipinski definition) is 0. The molecule has 2 aromatic carbocycles. The van der Waals surface area contributed by atoms with E-state index in [4.69, 9.17) is 4.74 Å². The number of para-hydroxylation sites is 1. The number of ether oxygens (including phenoxy) is 1. The zero-order valence-corrected chi connectivity index (χ0v) is 16.9. The molecule has 1 saturated heterocycles. The first-order valence-electron chi connectivity index (χ1n) is 10.2. The van der Waals surface area contributed by atoms with E-state index in [-0.39, 0.29) is 24.9 Å². The monoisotopic (exact) mass is 435 g/mol. The van der Waals surface area contributed by atoms with Gasteiger partial charge in [-0.25, -0.2) is 13.8 Å². The van der Waals surface area contributed by atoms with Crippen molar-refractivity contribution in [3.63, 3.8) is 0 Å². The molecule has 9 heteroatoms. The lowest BCUT2D eigenvalue weighted by molar-refractivity contribution is -0.131. The first-order valence-corrected chi connectivity index (χ1v) is 10.2. The van der Waals surface area contributed by atoms with E-state index in [9.17, 15) is 13.6 Å². The fraction of sp³-hybridized carbons (Fsp3) is 0.217. The van der Waals surface area contributed by atoms with Crippen LogP contribution in [0.3, 0.4) is 0 Å². The van der Waals surface area contributed by atoms with Crippen LogP contribution < -0.4 is 4.74 Å². The van der Waals surface area contributed by atoms with Crippen LogP contribution in [0.4, 0.5) is 8.78 Å². The number of halogens is 2. The van der Waals surface area contributed by atoms with Gasteiger partial charge in [0.2, 0.25) is 5.88 Å². The summed E-state index contributed by atoms with van der Waals surface area (Å²) in [4.78, 5) is 20.2. The number of carbonyl (C=O) groups is 1. The summed E-state index contributed by atoms with van der Waals surface area (Å²) >= 11 is 0. The van der Waals surface area contributed by atoms with Crippen molar-refractivity contribution in [1.82, 2.24) is 24.9 Å². The predicted molar refractivity (Wildman–Crippen MR) is 113 cm³/mol. The molecule has 32 heavy (non-hydrogen) atoms. The van der Waals surface area contributed by atoms with E-state index in [1.165, 1.54) is 28.3 Å². The molecule has 0 N–H and O–H groups in total. The molecule has 0 saturated carbocycles. The Bertz CT molecular complexity index is 1260. The number of piperidine rings is 1. The number of amides is 1. The zero-order valence-electron chi connectivity index (χ0n) is 16.9. The van der Waals surface area contributed by atoms with Gasteiger partial charge in [-0.15, -0.1) is 0 Å². The van der Waals surface area contributed by atoms with Crippen molar-refractivity contribution in [3.05, 3.63) is 78.8 Å². The van der Waals surface area contributed by atoms with Gasteiger partial charge in [-0.2, -0.15) is 15.0 Å². The number of benzene rings is 2. The second kappa shape index (κ2) is 7.99. The minimum atomic E-state index is -3.10. The summed E-state index contributed by atoms with van der Waals surface area (Å²) in [6.07, 6.45) is 2.51. The minimum Gasteiger partial charge on any atom is -0.466 e. The maximum Gasteiger partial charge on any atom is 0.287 e. The molecule has 0 radical (unpaired) electrons. The standard InChI is InChI=1S/C23H19F2N5O2/c24-23(25)10-14-29(22(31)18-7-3-4-8-19(18)30-27-12-13-28-30)15-20(23)32-21-17-6-2-1-5-16(17)9-11-26-21/h1-9,11-13,20H,10,14-15H2. The number of likely N-dealkylation sites (tertiary alicyclic amines) is 1. The maximum atomic E-state index is 14.8. The summed E-state index contributed by atoms with van der Waals surface area (Å²) < 4.78 is 35.3. The van der Waals surface area contributed by atoms with E-state index in [2.05, 4.69) is 15.2 Å². The van der Waals surface area contributed by atoms with Crippen LogP contribution in [-0.4, -0.2) is 55.9 Å². The van der Waals surface area contributed by atoms with Crippen LogP contribution in [-0.2, 0) is 0 Å². The van der Waals surface area contributed by atoms with Gasteiger partial charge in [-0.05, 0) is 29.7 Å². The SMILES string of the molecule is O=C(c1ccccc1-n1nccn1)N1CCC(F)(F)C(Oc2nccc3ccccc23)C1. The van der Waals surface area contributed by atoms with E-state index in [0.717, 1.165) is 5.39 Å². The lowest BCUT2D eigenvalue weighted by Gasteiger charge is -2.38.